The Morgan fingerprint density at radius 3 is 2.72 bits per heavy atom. The fraction of sp³-hybridized carbons (Fsp3) is 0.632. The third-order valence-electron chi connectivity index (χ3n) is 4.65. The third-order valence-corrected chi connectivity index (χ3v) is 4.65. The molecule has 1 aliphatic heterocycles. The van der Waals surface area contributed by atoms with Crippen molar-refractivity contribution in [3.63, 3.8) is 0 Å². The van der Waals surface area contributed by atoms with Crippen molar-refractivity contribution >= 4 is 29.9 Å². The first-order valence-corrected chi connectivity index (χ1v) is 9.19. The van der Waals surface area contributed by atoms with E-state index in [1.54, 1.807) is 12.1 Å². The van der Waals surface area contributed by atoms with E-state index in [1.807, 2.05) is 12.1 Å². The molecule has 142 valence electrons. The topological polar surface area (TPSA) is 51.1 Å². The number of phenols is 1. The molecule has 0 saturated carbocycles. The Balaban J connectivity index is 0.00000312. The van der Waals surface area contributed by atoms with Crippen molar-refractivity contribution in [2.45, 2.75) is 33.7 Å². The SMILES string of the molecule is CCNC(=NCc1cccc(O)c1)N1CCC(CN(CC)CC)C1.I. The molecule has 1 aromatic carbocycles. The number of aromatic hydroxyl groups is 1. The summed E-state index contributed by atoms with van der Waals surface area (Å²) in [6.07, 6.45) is 1.23. The van der Waals surface area contributed by atoms with Crippen LogP contribution in [0.4, 0.5) is 0 Å². The Hall–Kier alpha value is -1.02. The van der Waals surface area contributed by atoms with Crippen molar-refractivity contribution in [1.29, 1.82) is 0 Å². The Morgan fingerprint density at radius 2 is 2.08 bits per heavy atom. The molecule has 1 saturated heterocycles. The smallest absolute Gasteiger partial charge is 0.194 e. The lowest BCUT2D eigenvalue weighted by Crippen LogP contribution is -2.40. The van der Waals surface area contributed by atoms with Gasteiger partial charge in [0, 0.05) is 26.2 Å². The van der Waals surface area contributed by atoms with Gasteiger partial charge in [-0.1, -0.05) is 26.0 Å². The van der Waals surface area contributed by atoms with Crippen LogP contribution in [0.1, 0.15) is 32.8 Å². The average molecular weight is 460 g/mol. The monoisotopic (exact) mass is 460 g/mol. The van der Waals surface area contributed by atoms with Crippen molar-refractivity contribution in [3.8, 4) is 5.75 Å². The van der Waals surface area contributed by atoms with Crippen LogP contribution >= 0.6 is 24.0 Å². The quantitative estimate of drug-likeness (QED) is 0.373. The molecule has 1 heterocycles. The summed E-state index contributed by atoms with van der Waals surface area (Å²) < 4.78 is 0. The van der Waals surface area contributed by atoms with Crippen molar-refractivity contribution < 1.29 is 5.11 Å². The summed E-state index contributed by atoms with van der Waals surface area (Å²) in [5.74, 6) is 2.01. The summed E-state index contributed by atoms with van der Waals surface area (Å²) in [6, 6.07) is 7.33. The van der Waals surface area contributed by atoms with Crippen LogP contribution in [0.25, 0.3) is 0 Å². The summed E-state index contributed by atoms with van der Waals surface area (Å²) in [7, 11) is 0. The maximum Gasteiger partial charge on any atom is 0.194 e. The third kappa shape index (κ3) is 7.01. The number of rotatable bonds is 7. The lowest BCUT2D eigenvalue weighted by molar-refractivity contribution is 0.255. The van der Waals surface area contributed by atoms with Crippen LogP contribution < -0.4 is 5.32 Å². The molecule has 0 spiro atoms. The van der Waals surface area contributed by atoms with E-state index in [0.29, 0.717) is 12.3 Å². The molecule has 0 radical (unpaired) electrons. The minimum atomic E-state index is 0. The predicted octanol–water partition coefficient (Wildman–Crippen LogP) is 3.14. The van der Waals surface area contributed by atoms with Gasteiger partial charge in [0.15, 0.2) is 5.96 Å². The summed E-state index contributed by atoms with van der Waals surface area (Å²) in [6.45, 7) is 13.6. The fourth-order valence-electron chi connectivity index (χ4n) is 3.27. The van der Waals surface area contributed by atoms with Crippen LogP contribution in [0.15, 0.2) is 29.3 Å². The molecule has 0 amide bonds. The van der Waals surface area contributed by atoms with Crippen molar-refractivity contribution in [1.82, 2.24) is 15.1 Å². The first-order valence-electron chi connectivity index (χ1n) is 9.19. The highest BCUT2D eigenvalue weighted by atomic mass is 127. The summed E-state index contributed by atoms with van der Waals surface area (Å²) in [5, 5.41) is 13.0. The Morgan fingerprint density at radius 1 is 1.32 bits per heavy atom. The number of nitrogens with one attached hydrogen (secondary N) is 1. The van der Waals surface area contributed by atoms with E-state index in [4.69, 9.17) is 4.99 Å². The van der Waals surface area contributed by atoms with Crippen LogP contribution in [-0.4, -0.2) is 60.1 Å². The molecule has 2 N–H and O–H groups in total. The van der Waals surface area contributed by atoms with Gasteiger partial charge in [-0.3, -0.25) is 0 Å². The Labute approximate surface area is 169 Å². The highest BCUT2D eigenvalue weighted by Gasteiger charge is 2.25. The molecule has 6 heteroatoms. The van der Waals surface area contributed by atoms with E-state index < -0.39 is 0 Å². The van der Waals surface area contributed by atoms with E-state index >= 15 is 0 Å². The summed E-state index contributed by atoms with van der Waals surface area (Å²) in [5.41, 5.74) is 1.03. The number of benzene rings is 1. The molecule has 1 unspecified atom stereocenters. The standard InChI is InChI=1S/C19H32N4O.HI/c1-4-20-19(21-13-16-8-7-9-18(24)12-16)23-11-10-17(15-23)14-22(5-2)6-3;/h7-9,12,17,24H,4-6,10-11,13-15H2,1-3H3,(H,20,21);1H. The van der Waals surface area contributed by atoms with Gasteiger partial charge < -0.3 is 20.2 Å². The molecule has 5 nitrogen and oxygen atoms in total. The van der Waals surface area contributed by atoms with E-state index in [0.717, 1.165) is 50.2 Å². The van der Waals surface area contributed by atoms with E-state index in [-0.39, 0.29) is 24.0 Å². The number of nitrogens with zero attached hydrogens (tertiary/aromatic N) is 3. The largest absolute Gasteiger partial charge is 0.508 e. The van der Waals surface area contributed by atoms with Gasteiger partial charge in [0.2, 0.25) is 0 Å². The molecule has 1 aromatic rings. The van der Waals surface area contributed by atoms with Crippen LogP contribution in [0.3, 0.4) is 0 Å². The van der Waals surface area contributed by atoms with Gasteiger partial charge in [-0.2, -0.15) is 0 Å². The van der Waals surface area contributed by atoms with Gasteiger partial charge in [0.1, 0.15) is 5.75 Å². The maximum atomic E-state index is 9.58. The lowest BCUT2D eigenvalue weighted by atomic mass is 10.1. The highest BCUT2D eigenvalue weighted by Crippen LogP contribution is 2.18. The van der Waals surface area contributed by atoms with Crippen LogP contribution in [0, 0.1) is 5.92 Å². The van der Waals surface area contributed by atoms with Crippen LogP contribution in [-0.2, 0) is 6.54 Å². The highest BCUT2D eigenvalue weighted by molar-refractivity contribution is 14.0. The average Bonchev–Trinajstić information content (AvgIpc) is 3.05. The first kappa shape index (κ1) is 22.0. The zero-order chi connectivity index (χ0) is 17.4. The van der Waals surface area contributed by atoms with E-state index in [2.05, 4.69) is 35.9 Å². The number of hydrogen-bond acceptors (Lipinski definition) is 3. The molecule has 0 aromatic heterocycles. The molecule has 2 rings (SSSR count). The van der Waals surface area contributed by atoms with Crippen molar-refractivity contribution in [3.05, 3.63) is 29.8 Å². The molecular formula is C19H33IN4O. The second-order valence-electron chi connectivity index (χ2n) is 6.43. The molecule has 0 aliphatic carbocycles. The normalized spacial score (nSPS) is 17.7. The molecule has 25 heavy (non-hydrogen) atoms. The molecule has 0 bridgehead atoms. The van der Waals surface area contributed by atoms with Gasteiger partial charge in [-0.25, -0.2) is 4.99 Å². The second-order valence-corrected chi connectivity index (χ2v) is 6.43. The number of aliphatic imine (C=N–C) groups is 1. The van der Waals surface area contributed by atoms with E-state index in [9.17, 15) is 5.11 Å². The van der Waals surface area contributed by atoms with Crippen molar-refractivity contribution in [2.24, 2.45) is 10.9 Å². The van der Waals surface area contributed by atoms with Crippen LogP contribution in [0.5, 0.6) is 5.75 Å². The van der Waals surface area contributed by atoms with Gasteiger partial charge in [-0.05, 0) is 50.0 Å². The Bertz CT molecular complexity index is 534. The van der Waals surface area contributed by atoms with Gasteiger partial charge in [-0.15, -0.1) is 24.0 Å². The number of hydrogen-bond donors (Lipinski definition) is 2. The van der Waals surface area contributed by atoms with Gasteiger partial charge >= 0.3 is 0 Å². The number of guanidine groups is 1. The minimum Gasteiger partial charge on any atom is -0.508 e. The molecule has 1 atom stereocenters. The number of likely N-dealkylation sites (tertiary alicyclic amines) is 1. The first-order chi connectivity index (χ1) is 11.7. The maximum absolute atomic E-state index is 9.58. The summed E-state index contributed by atoms with van der Waals surface area (Å²) in [4.78, 5) is 9.65. The zero-order valence-corrected chi connectivity index (χ0v) is 18.1. The lowest BCUT2D eigenvalue weighted by Gasteiger charge is -2.24. The number of halogens is 1. The molecular weight excluding hydrogens is 427 g/mol. The van der Waals surface area contributed by atoms with E-state index in [1.165, 1.54) is 13.0 Å². The number of phenolic OH excluding ortho intramolecular Hbond substituents is 1. The summed E-state index contributed by atoms with van der Waals surface area (Å²) >= 11 is 0. The van der Waals surface area contributed by atoms with Crippen LogP contribution in [0.2, 0.25) is 0 Å². The zero-order valence-electron chi connectivity index (χ0n) is 15.7. The van der Waals surface area contributed by atoms with Gasteiger partial charge in [0.05, 0.1) is 6.54 Å². The Kier molecular flexibility index (Phi) is 10.2. The minimum absolute atomic E-state index is 0. The fourth-order valence-corrected chi connectivity index (χ4v) is 3.27. The van der Waals surface area contributed by atoms with Crippen molar-refractivity contribution in [2.75, 3.05) is 39.3 Å². The van der Waals surface area contributed by atoms with Gasteiger partial charge in [0.25, 0.3) is 0 Å². The molecule has 1 fully saturated rings. The predicted molar refractivity (Wildman–Crippen MR) is 116 cm³/mol. The molecule has 1 aliphatic rings. The second kappa shape index (κ2) is 11.6.